The Hall–Kier alpha value is -1.74. The predicted molar refractivity (Wildman–Crippen MR) is 66.2 cm³/mol. The summed E-state index contributed by atoms with van der Waals surface area (Å²) < 4.78 is 27.9. The highest BCUT2D eigenvalue weighted by Crippen LogP contribution is 2.33. The van der Waals surface area contributed by atoms with Gasteiger partial charge in [0, 0.05) is 0 Å². The van der Waals surface area contributed by atoms with Crippen LogP contribution in [0.3, 0.4) is 0 Å². The second-order valence-electron chi connectivity index (χ2n) is 4.49. The highest BCUT2D eigenvalue weighted by atomic mass is 19.1. The Balaban J connectivity index is 2.65. The Morgan fingerprint density at radius 1 is 1.00 bits per heavy atom. The molecule has 0 aromatic heterocycles. The lowest BCUT2D eigenvalue weighted by atomic mass is 9.86. The van der Waals surface area contributed by atoms with Crippen LogP contribution in [0.4, 0.5) is 8.78 Å². The van der Waals surface area contributed by atoms with E-state index in [1.807, 2.05) is 0 Å². The first-order chi connectivity index (χ1) is 8.44. The molecule has 0 saturated heterocycles. The van der Waals surface area contributed by atoms with Crippen LogP contribution in [0.1, 0.15) is 23.6 Å². The molecule has 0 aliphatic rings. The van der Waals surface area contributed by atoms with Gasteiger partial charge in [-0.15, -0.1) is 0 Å². The van der Waals surface area contributed by atoms with Crippen molar-refractivity contribution < 1.29 is 13.9 Å². The van der Waals surface area contributed by atoms with Crippen LogP contribution in [-0.2, 0) is 5.60 Å². The van der Waals surface area contributed by atoms with E-state index in [0.717, 1.165) is 0 Å². The zero-order chi connectivity index (χ0) is 13.3. The van der Waals surface area contributed by atoms with E-state index in [2.05, 4.69) is 0 Å². The van der Waals surface area contributed by atoms with Crippen molar-refractivity contribution >= 4 is 0 Å². The third kappa shape index (κ3) is 2.02. The summed E-state index contributed by atoms with van der Waals surface area (Å²) in [6.07, 6.45) is 0. The van der Waals surface area contributed by atoms with Crippen molar-refractivity contribution in [2.45, 2.75) is 19.4 Å². The molecule has 1 N–H and O–H groups in total. The summed E-state index contributed by atoms with van der Waals surface area (Å²) in [7, 11) is 0. The molecule has 0 heterocycles. The van der Waals surface area contributed by atoms with Gasteiger partial charge >= 0.3 is 0 Å². The normalized spacial score (nSPS) is 14.3. The van der Waals surface area contributed by atoms with Crippen molar-refractivity contribution in [3.63, 3.8) is 0 Å². The molecule has 2 rings (SSSR count). The first-order valence-electron chi connectivity index (χ1n) is 5.67. The van der Waals surface area contributed by atoms with Crippen molar-refractivity contribution in [3.05, 3.63) is 70.8 Å². The van der Waals surface area contributed by atoms with Crippen LogP contribution in [0, 0.1) is 18.6 Å². The Kier molecular flexibility index (Phi) is 3.18. The van der Waals surface area contributed by atoms with E-state index in [1.54, 1.807) is 37.3 Å². The van der Waals surface area contributed by atoms with E-state index < -0.39 is 17.2 Å². The van der Waals surface area contributed by atoms with Gasteiger partial charge in [0.05, 0.1) is 5.56 Å². The van der Waals surface area contributed by atoms with Crippen molar-refractivity contribution in [3.8, 4) is 0 Å². The number of aliphatic hydroxyl groups is 1. The van der Waals surface area contributed by atoms with Gasteiger partial charge in [-0.1, -0.05) is 36.4 Å². The quantitative estimate of drug-likeness (QED) is 0.862. The Morgan fingerprint density at radius 2 is 1.61 bits per heavy atom. The van der Waals surface area contributed by atoms with Gasteiger partial charge in [-0.05, 0) is 31.0 Å². The summed E-state index contributed by atoms with van der Waals surface area (Å²) >= 11 is 0. The fourth-order valence-corrected chi connectivity index (χ4v) is 2.01. The Morgan fingerprint density at radius 3 is 2.22 bits per heavy atom. The maximum absolute atomic E-state index is 14.0. The second kappa shape index (κ2) is 4.50. The Bertz CT molecular complexity index is 562. The van der Waals surface area contributed by atoms with Crippen molar-refractivity contribution in [2.24, 2.45) is 0 Å². The molecular formula is C15H14F2O. The van der Waals surface area contributed by atoms with Gasteiger partial charge < -0.3 is 5.11 Å². The van der Waals surface area contributed by atoms with E-state index in [-0.39, 0.29) is 5.56 Å². The average molecular weight is 248 g/mol. The zero-order valence-electron chi connectivity index (χ0n) is 10.2. The van der Waals surface area contributed by atoms with Gasteiger partial charge in [0.1, 0.15) is 17.2 Å². The molecule has 2 aromatic rings. The lowest BCUT2D eigenvalue weighted by molar-refractivity contribution is 0.0932. The molecule has 0 aliphatic carbocycles. The average Bonchev–Trinajstić information content (AvgIpc) is 2.35. The fourth-order valence-electron chi connectivity index (χ4n) is 2.01. The molecule has 0 aliphatic heterocycles. The van der Waals surface area contributed by atoms with Gasteiger partial charge in [-0.3, -0.25) is 0 Å². The monoisotopic (exact) mass is 248 g/mol. The first kappa shape index (κ1) is 12.7. The number of hydrogen-bond acceptors (Lipinski definition) is 1. The highest BCUT2D eigenvalue weighted by Gasteiger charge is 2.32. The molecule has 0 amide bonds. The minimum Gasteiger partial charge on any atom is -0.380 e. The molecule has 18 heavy (non-hydrogen) atoms. The maximum Gasteiger partial charge on any atom is 0.135 e. The van der Waals surface area contributed by atoms with E-state index in [4.69, 9.17) is 0 Å². The minimum atomic E-state index is -1.69. The van der Waals surface area contributed by atoms with E-state index in [0.29, 0.717) is 11.1 Å². The largest absolute Gasteiger partial charge is 0.380 e. The number of benzene rings is 2. The van der Waals surface area contributed by atoms with Crippen molar-refractivity contribution in [1.82, 2.24) is 0 Å². The summed E-state index contributed by atoms with van der Waals surface area (Å²) in [6, 6.07) is 11.0. The van der Waals surface area contributed by atoms with Crippen LogP contribution in [0.5, 0.6) is 0 Å². The Labute approximate surface area is 105 Å². The van der Waals surface area contributed by atoms with Crippen molar-refractivity contribution in [1.29, 1.82) is 0 Å². The lowest BCUT2D eigenvalue weighted by Crippen LogP contribution is -2.26. The maximum atomic E-state index is 14.0. The number of rotatable bonds is 2. The van der Waals surface area contributed by atoms with Crippen LogP contribution in [0.15, 0.2) is 42.5 Å². The van der Waals surface area contributed by atoms with Crippen LogP contribution >= 0.6 is 0 Å². The van der Waals surface area contributed by atoms with Gasteiger partial charge in [0.15, 0.2) is 0 Å². The molecule has 0 spiro atoms. The second-order valence-corrected chi connectivity index (χ2v) is 4.49. The number of aryl methyl sites for hydroxylation is 1. The van der Waals surface area contributed by atoms with Gasteiger partial charge in [0.25, 0.3) is 0 Å². The van der Waals surface area contributed by atoms with Gasteiger partial charge in [-0.25, -0.2) is 8.78 Å². The zero-order valence-corrected chi connectivity index (χ0v) is 10.2. The number of hydrogen-bond donors (Lipinski definition) is 1. The standard InChI is InChI=1S/C15H14F2O/c1-10-8-9-12(16)13(14(10)17)15(2,18)11-6-4-3-5-7-11/h3-9,18H,1-2H3. The van der Waals surface area contributed by atoms with E-state index >= 15 is 0 Å². The van der Waals surface area contributed by atoms with Crippen LogP contribution in [0.25, 0.3) is 0 Å². The van der Waals surface area contributed by atoms with Gasteiger partial charge in [-0.2, -0.15) is 0 Å². The summed E-state index contributed by atoms with van der Waals surface area (Å²) in [5, 5.41) is 10.5. The summed E-state index contributed by atoms with van der Waals surface area (Å²) in [5.41, 5.74) is -1.24. The SMILES string of the molecule is Cc1ccc(F)c(C(C)(O)c2ccccc2)c1F. The molecule has 1 atom stereocenters. The molecule has 1 unspecified atom stereocenters. The van der Waals surface area contributed by atoms with E-state index in [9.17, 15) is 13.9 Å². The minimum absolute atomic E-state index is 0.308. The molecule has 1 nitrogen and oxygen atoms in total. The molecule has 0 radical (unpaired) electrons. The molecule has 0 saturated carbocycles. The molecule has 94 valence electrons. The lowest BCUT2D eigenvalue weighted by Gasteiger charge is -2.26. The molecule has 2 aromatic carbocycles. The number of halogens is 2. The van der Waals surface area contributed by atoms with Gasteiger partial charge in [0.2, 0.25) is 0 Å². The topological polar surface area (TPSA) is 20.2 Å². The third-order valence-corrected chi connectivity index (χ3v) is 3.11. The molecule has 3 heteroatoms. The summed E-state index contributed by atoms with van der Waals surface area (Å²) in [5.74, 6) is -1.45. The first-order valence-corrected chi connectivity index (χ1v) is 5.67. The fraction of sp³-hybridized carbons (Fsp3) is 0.200. The van der Waals surface area contributed by atoms with E-state index in [1.165, 1.54) is 19.1 Å². The highest BCUT2D eigenvalue weighted by molar-refractivity contribution is 5.39. The van der Waals surface area contributed by atoms with Crippen LogP contribution in [0.2, 0.25) is 0 Å². The van der Waals surface area contributed by atoms with Crippen molar-refractivity contribution in [2.75, 3.05) is 0 Å². The molecular weight excluding hydrogens is 234 g/mol. The molecule has 0 bridgehead atoms. The third-order valence-electron chi connectivity index (χ3n) is 3.11. The summed E-state index contributed by atoms with van der Waals surface area (Å²) in [6.45, 7) is 2.93. The smallest absolute Gasteiger partial charge is 0.135 e. The predicted octanol–water partition coefficient (Wildman–Crippen LogP) is 3.53. The summed E-state index contributed by atoms with van der Waals surface area (Å²) in [4.78, 5) is 0. The molecule has 0 fully saturated rings. The van der Waals surface area contributed by atoms with Crippen LogP contribution < -0.4 is 0 Å². The van der Waals surface area contributed by atoms with Crippen LogP contribution in [-0.4, -0.2) is 5.11 Å².